The van der Waals surface area contributed by atoms with Gasteiger partial charge in [0.05, 0.1) is 12.0 Å². The number of hydrogen-bond donors (Lipinski definition) is 1. The number of carbonyl (C=O) groups is 2. The maximum atomic E-state index is 11.4. The average molecular weight is 259 g/mol. The standard InChI is InChI=1S/C13H25NO4/c1-12(2,3)11(16)18-8-7-17-9-10(15)14-13(4,5)6/h7-9H2,1-6H3,(H,14,15). The molecule has 0 atom stereocenters. The Morgan fingerprint density at radius 3 is 2.00 bits per heavy atom. The maximum absolute atomic E-state index is 11.4. The van der Waals surface area contributed by atoms with Crippen LogP contribution in [0.25, 0.3) is 0 Å². The Balaban J connectivity index is 3.64. The number of rotatable bonds is 5. The minimum atomic E-state index is -0.510. The molecule has 0 saturated carbocycles. The number of hydrogen-bond acceptors (Lipinski definition) is 4. The van der Waals surface area contributed by atoms with E-state index in [1.807, 2.05) is 20.8 Å². The van der Waals surface area contributed by atoms with Gasteiger partial charge < -0.3 is 14.8 Å². The van der Waals surface area contributed by atoms with Gasteiger partial charge in [-0.05, 0) is 41.5 Å². The van der Waals surface area contributed by atoms with Crippen molar-refractivity contribution in [2.24, 2.45) is 5.41 Å². The van der Waals surface area contributed by atoms with Crippen LogP contribution in [0.15, 0.2) is 0 Å². The highest BCUT2D eigenvalue weighted by molar-refractivity contribution is 5.77. The van der Waals surface area contributed by atoms with Crippen molar-refractivity contribution in [2.75, 3.05) is 19.8 Å². The average Bonchev–Trinajstić information content (AvgIpc) is 2.12. The summed E-state index contributed by atoms with van der Waals surface area (Å²) in [7, 11) is 0. The molecule has 0 aliphatic heterocycles. The molecule has 106 valence electrons. The second-order valence-corrected chi connectivity index (χ2v) is 6.24. The van der Waals surface area contributed by atoms with E-state index in [-0.39, 0.29) is 37.2 Å². The largest absolute Gasteiger partial charge is 0.463 e. The van der Waals surface area contributed by atoms with E-state index in [4.69, 9.17) is 9.47 Å². The third kappa shape index (κ3) is 8.98. The summed E-state index contributed by atoms with van der Waals surface area (Å²) < 4.78 is 10.1. The SMILES string of the molecule is CC(C)(C)NC(=O)COCCOC(=O)C(C)(C)C. The summed E-state index contributed by atoms with van der Waals surface area (Å²) in [4.78, 5) is 22.8. The Morgan fingerprint density at radius 1 is 1.00 bits per heavy atom. The lowest BCUT2D eigenvalue weighted by Gasteiger charge is -2.20. The second kappa shape index (κ2) is 6.73. The third-order valence-corrected chi connectivity index (χ3v) is 1.82. The number of esters is 1. The van der Waals surface area contributed by atoms with Crippen LogP contribution in [0.3, 0.4) is 0 Å². The van der Waals surface area contributed by atoms with Crippen molar-refractivity contribution in [3.05, 3.63) is 0 Å². The summed E-state index contributed by atoms with van der Waals surface area (Å²) in [6, 6.07) is 0. The van der Waals surface area contributed by atoms with Crippen LogP contribution in [0.5, 0.6) is 0 Å². The molecule has 0 aliphatic rings. The zero-order valence-electron chi connectivity index (χ0n) is 12.3. The molecule has 0 fully saturated rings. The highest BCUT2D eigenvalue weighted by Gasteiger charge is 2.22. The van der Waals surface area contributed by atoms with E-state index in [2.05, 4.69) is 5.32 Å². The summed E-state index contributed by atoms with van der Waals surface area (Å²) in [6.45, 7) is 11.4. The van der Waals surface area contributed by atoms with Crippen LogP contribution in [0.1, 0.15) is 41.5 Å². The molecule has 1 N–H and O–H groups in total. The van der Waals surface area contributed by atoms with Crippen LogP contribution in [0, 0.1) is 5.41 Å². The van der Waals surface area contributed by atoms with Crippen molar-refractivity contribution in [3.63, 3.8) is 0 Å². The smallest absolute Gasteiger partial charge is 0.311 e. The van der Waals surface area contributed by atoms with Gasteiger partial charge in [0, 0.05) is 5.54 Å². The molecule has 0 aromatic carbocycles. The molecule has 18 heavy (non-hydrogen) atoms. The normalized spacial score (nSPS) is 12.1. The summed E-state index contributed by atoms with van der Waals surface area (Å²) in [5.41, 5.74) is -0.775. The van der Waals surface area contributed by atoms with Gasteiger partial charge in [-0.15, -0.1) is 0 Å². The van der Waals surface area contributed by atoms with Crippen LogP contribution in [0.2, 0.25) is 0 Å². The van der Waals surface area contributed by atoms with Crippen LogP contribution < -0.4 is 5.32 Å². The van der Waals surface area contributed by atoms with Gasteiger partial charge in [-0.25, -0.2) is 0 Å². The van der Waals surface area contributed by atoms with E-state index in [1.54, 1.807) is 20.8 Å². The summed E-state index contributed by atoms with van der Waals surface area (Å²) >= 11 is 0. The second-order valence-electron chi connectivity index (χ2n) is 6.24. The van der Waals surface area contributed by atoms with Crippen molar-refractivity contribution in [1.29, 1.82) is 0 Å². The molecular formula is C13H25NO4. The number of amides is 1. The van der Waals surface area contributed by atoms with Crippen molar-refractivity contribution < 1.29 is 19.1 Å². The zero-order valence-corrected chi connectivity index (χ0v) is 12.3. The molecule has 0 aromatic heterocycles. The molecule has 0 saturated heterocycles. The maximum Gasteiger partial charge on any atom is 0.311 e. The number of carbonyl (C=O) groups excluding carboxylic acids is 2. The Bertz CT molecular complexity index is 286. The summed E-state index contributed by atoms with van der Waals surface area (Å²) in [6.07, 6.45) is 0. The molecule has 0 radical (unpaired) electrons. The lowest BCUT2D eigenvalue weighted by Crippen LogP contribution is -2.42. The molecule has 0 aromatic rings. The quantitative estimate of drug-likeness (QED) is 0.600. The summed E-state index contributed by atoms with van der Waals surface area (Å²) in [5.74, 6) is -0.449. The van der Waals surface area contributed by atoms with Crippen molar-refractivity contribution in [2.45, 2.75) is 47.1 Å². The first-order valence-corrected chi connectivity index (χ1v) is 6.08. The van der Waals surface area contributed by atoms with Gasteiger partial charge in [0.1, 0.15) is 13.2 Å². The first-order valence-electron chi connectivity index (χ1n) is 6.08. The Labute approximate surface area is 109 Å². The molecule has 0 rings (SSSR count). The fourth-order valence-electron chi connectivity index (χ4n) is 1.03. The zero-order chi connectivity index (χ0) is 14.4. The molecule has 0 heterocycles. The Hall–Kier alpha value is -1.10. The minimum Gasteiger partial charge on any atom is -0.463 e. The van der Waals surface area contributed by atoms with Crippen molar-refractivity contribution in [3.8, 4) is 0 Å². The molecule has 0 bridgehead atoms. The van der Waals surface area contributed by atoms with Crippen LogP contribution >= 0.6 is 0 Å². The van der Waals surface area contributed by atoms with Crippen LogP contribution in [-0.2, 0) is 19.1 Å². The molecule has 0 spiro atoms. The van der Waals surface area contributed by atoms with Gasteiger partial charge in [-0.3, -0.25) is 9.59 Å². The third-order valence-electron chi connectivity index (χ3n) is 1.82. The van der Waals surface area contributed by atoms with Crippen LogP contribution in [-0.4, -0.2) is 37.2 Å². The van der Waals surface area contributed by atoms with Gasteiger partial charge in [0.15, 0.2) is 0 Å². The van der Waals surface area contributed by atoms with E-state index in [0.29, 0.717) is 0 Å². The highest BCUT2D eigenvalue weighted by atomic mass is 16.6. The first kappa shape index (κ1) is 16.9. The fraction of sp³-hybridized carbons (Fsp3) is 0.846. The lowest BCUT2D eigenvalue weighted by atomic mass is 9.97. The number of ether oxygens (including phenoxy) is 2. The van der Waals surface area contributed by atoms with Gasteiger partial charge >= 0.3 is 5.97 Å². The van der Waals surface area contributed by atoms with E-state index in [1.165, 1.54) is 0 Å². The van der Waals surface area contributed by atoms with Gasteiger partial charge in [0.25, 0.3) is 0 Å². The predicted molar refractivity (Wildman–Crippen MR) is 69.1 cm³/mol. The van der Waals surface area contributed by atoms with Crippen molar-refractivity contribution >= 4 is 11.9 Å². The Kier molecular flexibility index (Phi) is 6.32. The van der Waals surface area contributed by atoms with Gasteiger partial charge in [-0.1, -0.05) is 0 Å². The highest BCUT2D eigenvalue weighted by Crippen LogP contribution is 2.14. The van der Waals surface area contributed by atoms with E-state index in [9.17, 15) is 9.59 Å². The molecular weight excluding hydrogens is 234 g/mol. The van der Waals surface area contributed by atoms with Gasteiger partial charge in [-0.2, -0.15) is 0 Å². The van der Waals surface area contributed by atoms with E-state index < -0.39 is 5.41 Å². The van der Waals surface area contributed by atoms with E-state index >= 15 is 0 Å². The molecule has 1 amide bonds. The van der Waals surface area contributed by atoms with Gasteiger partial charge in [0.2, 0.25) is 5.91 Å². The monoisotopic (exact) mass is 259 g/mol. The molecule has 0 aliphatic carbocycles. The van der Waals surface area contributed by atoms with Crippen LogP contribution in [0.4, 0.5) is 0 Å². The first-order chi connectivity index (χ1) is 8.02. The summed E-state index contributed by atoms with van der Waals surface area (Å²) in [5, 5.41) is 2.77. The minimum absolute atomic E-state index is 0.0235. The predicted octanol–water partition coefficient (Wildman–Crippen LogP) is 1.51. The topological polar surface area (TPSA) is 64.6 Å². The molecule has 0 unspecified atom stereocenters. The Morgan fingerprint density at radius 2 is 1.56 bits per heavy atom. The van der Waals surface area contributed by atoms with Crippen molar-refractivity contribution in [1.82, 2.24) is 5.32 Å². The molecule has 5 heteroatoms. The van der Waals surface area contributed by atoms with E-state index in [0.717, 1.165) is 0 Å². The lowest BCUT2D eigenvalue weighted by molar-refractivity contribution is -0.154. The molecule has 5 nitrogen and oxygen atoms in total. The number of nitrogens with one attached hydrogen (secondary N) is 1. The fourth-order valence-corrected chi connectivity index (χ4v) is 1.03.